The molecule has 2 aromatic heterocycles. The summed E-state index contributed by atoms with van der Waals surface area (Å²) in [5.41, 5.74) is 1.95. The molecule has 6 nitrogen and oxygen atoms in total. The third-order valence-electron chi connectivity index (χ3n) is 5.59. The number of hydrogen-bond acceptors (Lipinski definition) is 5. The number of rotatable bonds is 7. The fourth-order valence-electron chi connectivity index (χ4n) is 3.88. The van der Waals surface area contributed by atoms with Gasteiger partial charge in [-0.1, -0.05) is 25.3 Å². The molecule has 1 fully saturated rings. The molecule has 0 amide bonds. The topological polar surface area (TPSA) is 68.1 Å². The Morgan fingerprint density at radius 1 is 1.22 bits per heavy atom. The third kappa shape index (κ3) is 4.96. The average molecular weight is 391 g/mol. The molecule has 7 heteroatoms. The van der Waals surface area contributed by atoms with Crippen molar-refractivity contribution in [3.63, 3.8) is 0 Å². The Morgan fingerprint density at radius 3 is 2.59 bits per heavy atom. The molecule has 2 heterocycles. The summed E-state index contributed by atoms with van der Waals surface area (Å²) in [5, 5.41) is 0.196. The molecule has 3 rings (SSSR count). The zero-order valence-corrected chi connectivity index (χ0v) is 17.3. The van der Waals surface area contributed by atoms with Crippen LogP contribution in [0.3, 0.4) is 0 Å². The second-order valence-electron chi connectivity index (χ2n) is 7.76. The maximum atomic E-state index is 12.2. The van der Waals surface area contributed by atoms with Crippen LogP contribution in [0, 0.1) is 5.92 Å². The fourth-order valence-corrected chi connectivity index (χ4v) is 4.71. The summed E-state index contributed by atoms with van der Waals surface area (Å²) in [6, 6.07) is 6.05. The summed E-state index contributed by atoms with van der Waals surface area (Å²) in [6.45, 7) is 3.48. The minimum Gasteiger partial charge on any atom is -0.317 e. The van der Waals surface area contributed by atoms with Crippen LogP contribution in [0.1, 0.15) is 56.5 Å². The molecular formula is C20H30N4O2S. The highest BCUT2D eigenvalue weighted by atomic mass is 32.2. The van der Waals surface area contributed by atoms with Crippen LogP contribution in [-0.2, 0) is 22.9 Å². The van der Waals surface area contributed by atoms with Gasteiger partial charge >= 0.3 is 0 Å². The summed E-state index contributed by atoms with van der Waals surface area (Å²) >= 11 is 0. The lowest BCUT2D eigenvalue weighted by atomic mass is 9.89. The van der Waals surface area contributed by atoms with E-state index in [9.17, 15) is 8.42 Å². The third-order valence-corrected chi connectivity index (χ3v) is 6.58. The SMILES string of the molecule is C[C@H](c1ccccn1)N(C)Cc1cnc(S(C)(=O)=O)n1CC1CCCCC1. The molecule has 0 unspecified atom stereocenters. The van der Waals surface area contributed by atoms with E-state index in [2.05, 4.69) is 21.8 Å². The Kier molecular flexibility index (Phi) is 6.32. The molecule has 0 aliphatic heterocycles. The van der Waals surface area contributed by atoms with Crippen LogP contribution in [0.5, 0.6) is 0 Å². The molecule has 1 aliphatic rings. The lowest BCUT2D eigenvalue weighted by molar-refractivity contribution is 0.235. The van der Waals surface area contributed by atoms with Crippen molar-refractivity contribution in [1.82, 2.24) is 19.4 Å². The van der Waals surface area contributed by atoms with E-state index in [0.29, 0.717) is 12.5 Å². The van der Waals surface area contributed by atoms with Gasteiger partial charge in [0, 0.05) is 31.6 Å². The molecule has 0 bridgehead atoms. The normalized spacial score (nSPS) is 17.3. The molecule has 0 radical (unpaired) electrons. The number of imidazole rings is 1. The van der Waals surface area contributed by atoms with Gasteiger partial charge in [-0.25, -0.2) is 13.4 Å². The van der Waals surface area contributed by atoms with Crippen molar-refractivity contribution in [3.05, 3.63) is 42.0 Å². The smallest absolute Gasteiger partial charge is 0.227 e. The van der Waals surface area contributed by atoms with Gasteiger partial charge in [0.05, 0.1) is 17.6 Å². The Labute approximate surface area is 162 Å². The zero-order chi connectivity index (χ0) is 19.4. The van der Waals surface area contributed by atoms with E-state index in [4.69, 9.17) is 0 Å². The molecule has 0 aromatic carbocycles. The first-order valence-electron chi connectivity index (χ1n) is 9.72. The number of aromatic nitrogens is 3. The molecule has 0 spiro atoms. The quantitative estimate of drug-likeness (QED) is 0.724. The summed E-state index contributed by atoms with van der Waals surface area (Å²) < 4.78 is 26.4. The molecular weight excluding hydrogens is 360 g/mol. The maximum Gasteiger partial charge on any atom is 0.227 e. The monoisotopic (exact) mass is 390 g/mol. The van der Waals surface area contributed by atoms with Gasteiger partial charge in [0.25, 0.3) is 0 Å². The Morgan fingerprint density at radius 2 is 1.96 bits per heavy atom. The lowest BCUT2D eigenvalue weighted by Crippen LogP contribution is -2.26. The number of nitrogens with zero attached hydrogens (tertiary/aromatic N) is 4. The number of sulfone groups is 1. The predicted molar refractivity (Wildman–Crippen MR) is 106 cm³/mol. The van der Waals surface area contributed by atoms with Crippen molar-refractivity contribution in [2.45, 2.75) is 63.3 Å². The van der Waals surface area contributed by atoms with Gasteiger partial charge < -0.3 is 4.57 Å². The first-order valence-corrected chi connectivity index (χ1v) is 11.6. The zero-order valence-electron chi connectivity index (χ0n) is 16.5. The van der Waals surface area contributed by atoms with Crippen molar-refractivity contribution in [1.29, 1.82) is 0 Å². The van der Waals surface area contributed by atoms with E-state index < -0.39 is 9.84 Å². The van der Waals surface area contributed by atoms with Crippen LogP contribution >= 0.6 is 0 Å². The van der Waals surface area contributed by atoms with Crippen LogP contribution in [-0.4, -0.2) is 41.2 Å². The maximum absolute atomic E-state index is 12.2. The molecule has 2 aromatic rings. The van der Waals surface area contributed by atoms with E-state index in [-0.39, 0.29) is 11.2 Å². The molecule has 0 saturated heterocycles. The van der Waals surface area contributed by atoms with E-state index >= 15 is 0 Å². The van der Waals surface area contributed by atoms with Crippen LogP contribution < -0.4 is 0 Å². The van der Waals surface area contributed by atoms with Crippen LogP contribution in [0.15, 0.2) is 35.7 Å². The molecule has 0 N–H and O–H groups in total. The molecule has 1 saturated carbocycles. The molecule has 1 aliphatic carbocycles. The van der Waals surface area contributed by atoms with Gasteiger partial charge in [0.15, 0.2) is 0 Å². The first-order chi connectivity index (χ1) is 12.9. The Hall–Kier alpha value is -1.73. The van der Waals surface area contributed by atoms with Crippen molar-refractivity contribution in [2.24, 2.45) is 5.92 Å². The van der Waals surface area contributed by atoms with E-state index in [0.717, 1.165) is 17.9 Å². The first kappa shape index (κ1) is 20.0. The van der Waals surface area contributed by atoms with Crippen LogP contribution in [0.4, 0.5) is 0 Å². The highest BCUT2D eigenvalue weighted by Gasteiger charge is 2.24. The lowest BCUT2D eigenvalue weighted by Gasteiger charge is -2.27. The Balaban J connectivity index is 1.82. The Bertz CT molecular complexity index is 842. The van der Waals surface area contributed by atoms with E-state index in [1.165, 1.54) is 38.4 Å². The fraction of sp³-hybridized carbons (Fsp3) is 0.600. The molecule has 1 atom stereocenters. The largest absolute Gasteiger partial charge is 0.317 e. The van der Waals surface area contributed by atoms with Gasteiger partial charge in [-0.2, -0.15) is 0 Å². The predicted octanol–water partition coefficient (Wildman–Crippen LogP) is 3.45. The summed E-state index contributed by atoms with van der Waals surface area (Å²) in [6.07, 6.45) is 10.9. The summed E-state index contributed by atoms with van der Waals surface area (Å²) in [5.74, 6) is 0.533. The van der Waals surface area contributed by atoms with Crippen LogP contribution in [0.2, 0.25) is 0 Å². The second kappa shape index (κ2) is 8.52. The second-order valence-corrected chi connectivity index (χ2v) is 9.67. The summed E-state index contributed by atoms with van der Waals surface area (Å²) in [4.78, 5) is 10.9. The molecule has 148 valence electrons. The van der Waals surface area contributed by atoms with Gasteiger partial charge in [-0.3, -0.25) is 9.88 Å². The number of pyridine rings is 1. The van der Waals surface area contributed by atoms with Gasteiger partial charge in [0.1, 0.15) is 0 Å². The minimum absolute atomic E-state index is 0.130. The van der Waals surface area contributed by atoms with Crippen molar-refractivity contribution in [3.8, 4) is 0 Å². The average Bonchev–Trinajstić information content (AvgIpc) is 3.05. The minimum atomic E-state index is -3.35. The molecule has 27 heavy (non-hydrogen) atoms. The van der Waals surface area contributed by atoms with Crippen molar-refractivity contribution >= 4 is 9.84 Å². The van der Waals surface area contributed by atoms with Crippen molar-refractivity contribution < 1.29 is 8.42 Å². The van der Waals surface area contributed by atoms with E-state index in [1.54, 1.807) is 12.4 Å². The summed E-state index contributed by atoms with van der Waals surface area (Å²) in [7, 11) is -1.31. The standard InChI is InChI=1S/C20H30N4O2S/c1-16(19-11-7-8-12-21-19)23(2)15-18-13-22-20(27(3,25)26)24(18)14-17-9-5-4-6-10-17/h7-8,11-13,16-17H,4-6,9-10,14-15H2,1-3H3/t16-/m1/s1. The van der Waals surface area contributed by atoms with Crippen LogP contribution in [0.25, 0.3) is 0 Å². The van der Waals surface area contributed by atoms with Gasteiger partial charge in [0.2, 0.25) is 15.0 Å². The van der Waals surface area contributed by atoms with Gasteiger partial charge in [-0.05, 0) is 44.9 Å². The number of hydrogen-bond donors (Lipinski definition) is 0. The highest BCUT2D eigenvalue weighted by Crippen LogP contribution is 2.27. The van der Waals surface area contributed by atoms with Gasteiger partial charge in [-0.15, -0.1) is 0 Å². The van der Waals surface area contributed by atoms with E-state index in [1.807, 2.05) is 29.8 Å². The van der Waals surface area contributed by atoms with Crippen molar-refractivity contribution in [2.75, 3.05) is 13.3 Å². The highest BCUT2D eigenvalue weighted by molar-refractivity contribution is 7.90.